The molecule has 7 heteroatoms. The van der Waals surface area contributed by atoms with Gasteiger partial charge in [0.25, 0.3) is 5.91 Å². The van der Waals surface area contributed by atoms with Crippen molar-refractivity contribution >= 4 is 17.8 Å². The average molecular weight is 333 g/mol. The molecule has 0 radical (unpaired) electrons. The molecule has 1 aliphatic rings. The first kappa shape index (κ1) is 17.9. The molecule has 1 N–H and O–H groups in total. The Bertz CT molecular complexity index is 568. The number of carbonyl (C=O) groups is 3. The quantitative estimate of drug-likeness (QED) is 0.789. The summed E-state index contributed by atoms with van der Waals surface area (Å²) in [7, 11) is 0. The van der Waals surface area contributed by atoms with E-state index >= 15 is 0 Å². The second-order valence-corrected chi connectivity index (χ2v) is 5.65. The fourth-order valence-corrected chi connectivity index (χ4v) is 2.63. The van der Waals surface area contributed by atoms with E-state index < -0.39 is 0 Å². The molecule has 0 saturated carbocycles. The molecule has 0 aromatic carbocycles. The highest BCUT2D eigenvalue weighted by molar-refractivity contribution is 5.92. The molecule has 130 valence electrons. The Morgan fingerprint density at radius 3 is 2.62 bits per heavy atom. The van der Waals surface area contributed by atoms with Gasteiger partial charge in [0.2, 0.25) is 5.91 Å². The summed E-state index contributed by atoms with van der Waals surface area (Å²) in [4.78, 5) is 41.2. The van der Waals surface area contributed by atoms with Crippen molar-refractivity contribution in [2.45, 2.75) is 38.6 Å². The number of pyridine rings is 1. The number of nitrogens with one attached hydrogen (secondary N) is 1. The predicted octanol–water partition coefficient (Wildman–Crippen LogP) is 1.15. The highest BCUT2D eigenvalue weighted by Gasteiger charge is 2.24. The van der Waals surface area contributed by atoms with E-state index in [0.717, 1.165) is 0 Å². The van der Waals surface area contributed by atoms with E-state index in [2.05, 4.69) is 10.3 Å². The van der Waals surface area contributed by atoms with Gasteiger partial charge in [0, 0.05) is 31.7 Å². The highest BCUT2D eigenvalue weighted by atomic mass is 16.5. The lowest BCUT2D eigenvalue weighted by Gasteiger charge is -2.32. The number of hydrogen-bond donors (Lipinski definition) is 1. The van der Waals surface area contributed by atoms with Gasteiger partial charge < -0.3 is 15.0 Å². The van der Waals surface area contributed by atoms with E-state index in [1.54, 1.807) is 36.2 Å². The smallest absolute Gasteiger partial charge is 0.306 e. The van der Waals surface area contributed by atoms with Crippen LogP contribution in [0, 0.1) is 0 Å². The third-order valence-corrected chi connectivity index (χ3v) is 3.93. The molecule has 0 aliphatic carbocycles. The Morgan fingerprint density at radius 1 is 1.25 bits per heavy atom. The van der Waals surface area contributed by atoms with Gasteiger partial charge in [-0.15, -0.1) is 0 Å². The van der Waals surface area contributed by atoms with Gasteiger partial charge in [-0.05, 0) is 31.9 Å². The Labute approximate surface area is 141 Å². The molecule has 0 spiro atoms. The monoisotopic (exact) mass is 333 g/mol. The zero-order valence-electron chi connectivity index (χ0n) is 13.9. The summed E-state index contributed by atoms with van der Waals surface area (Å²) in [6.07, 6.45) is 3.26. The lowest BCUT2D eigenvalue weighted by Crippen LogP contribution is -2.46. The van der Waals surface area contributed by atoms with Crippen LogP contribution in [0.25, 0.3) is 0 Å². The number of carbonyl (C=O) groups excluding carboxylic acids is 3. The summed E-state index contributed by atoms with van der Waals surface area (Å²) in [5.74, 6) is -0.580. The second kappa shape index (κ2) is 9.00. The van der Waals surface area contributed by atoms with Crippen molar-refractivity contribution < 1.29 is 19.1 Å². The predicted molar refractivity (Wildman–Crippen MR) is 87.2 cm³/mol. The molecule has 0 atom stereocenters. The minimum atomic E-state index is -0.344. The maximum atomic E-state index is 12.1. The maximum absolute atomic E-state index is 12.1. The molecule has 2 heterocycles. The molecule has 2 rings (SSSR count). The van der Waals surface area contributed by atoms with Gasteiger partial charge in [-0.3, -0.25) is 19.4 Å². The van der Waals surface area contributed by atoms with Gasteiger partial charge in [0.15, 0.2) is 0 Å². The van der Waals surface area contributed by atoms with E-state index in [0.29, 0.717) is 38.2 Å². The zero-order chi connectivity index (χ0) is 17.4. The van der Waals surface area contributed by atoms with Crippen LogP contribution < -0.4 is 5.32 Å². The van der Waals surface area contributed by atoms with Gasteiger partial charge in [0.1, 0.15) is 5.69 Å². The molecular formula is C17H23N3O4. The third-order valence-electron chi connectivity index (χ3n) is 3.93. The molecule has 0 bridgehead atoms. The third kappa shape index (κ3) is 5.33. The molecule has 1 fully saturated rings. The Balaban J connectivity index is 1.72. The topological polar surface area (TPSA) is 88.6 Å². The van der Waals surface area contributed by atoms with Crippen LogP contribution in [0.3, 0.4) is 0 Å². The molecule has 1 saturated heterocycles. The van der Waals surface area contributed by atoms with Crippen LogP contribution in [-0.2, 0) is 14.3 Å². The Kier molecular flexibility index (Phi) is 6.72. The number of aromatic nitrogens is 1. The van der Waals surface area contributed by atoms with Crippen LogP contribution in [0.15, 0.2) is 24.4 Å². The van der Waals surface area contributed by atoms with E-state index in [1.165, 1.54) is 0 Å². The van der Waals surface area contributed by atoms with Crippen LogP contribution in [-0.4, -0.2) is 53.4 Å². The van der Waals surface area contributed by atoms with Gasteiger partial charge >= 0.3 is 5.97 Å². The van der Waals surface area contributed by atoms with E-state index in [9.17, 15) is 14.4 Å². The van der Waals surface area contributed by atoms with Crippen LogP contribution >= 0.6 is 0 Å². The summed E-state index contributed by atoms with van der Waals surface area (Å²) in [6, 6.07) is 5.24. The second-order valence-electron chi connectivity index (χ2n) is 5.65. The number of ether oxygens (including phenoxy) is 1. The summed E-state index contributed by atoms with van der Waals surface area (Å²) in [5.41, 5.74) is 0.394. The number of piperidine rings is 1. The molecule has 0 unspecified atom stereocenters. The summed E-state index contributed by atoms with van der Waals surface area (Å²) in [6.45, 7) is 3.22. The van der Waals surface area contributed by atoms with E-state index in [-0.39, 0.29) is 36.7 Å². The molecule has 1 aliphatic heterocycles. The summed E-state index contributed by atoms with van der Waals surface area (Å²) in [5, 5.41) is 2.95. The molecule has 7 nitrogen and oxygen atoms in total. The lowest BCUT2D eigenvalue weighted by atomic mass is 10.0. The van der Waals surface area contributed by atoms with E-state index in [1.807, 2.05) is 0 Å². The summed E-state index contributed by atoms with van der Waals surface area (Å²) < 4.78 is 4.82. The van der Waals surface area contributed by atoms with Crippen molar-refractivity contribution in [2.24, 2.45) is 0 Å². The Hall–Kier alpha value is -2.44. The van der Waals surface area contributed by atoms with Crippen molar-refractivity contribution in [3.05, 3.63) is 30.1 Å². The van der Waals surface area contributed by atoms with Crippen molar-refractivity contribution in [2.75, 3.05) is 19.7 Å². The molecule has 1 aromatic heterocycles. The van der Waals surface area contributed by atoms with Gasteiger partial charge in [0.05, 0.1) is 13.0 Å². The first-order valence-electron chi connectivity index (χ1n) is 8.25. The van der Waals surface area contributed by atoms with Crippen LogP contribution in [0.5, 0.6) is 0 Å². The fourth-order valence-electron chi connectivity index (χ4n) is 2.63. The van der Waals surface area contributed by atoms with Crippen molar-refractivity contribution in [3.63, 3.8) is 0 Å². The van der Waals surface area contributed by atoms with Crippen LogP contribution in [0.4, 0.5) is 0 Å². The zero-order valence-corrected chi connectivity index (χ0v) is 13.9. The number of hydrogen-bond acceptors (Lipinski definition) is 5. The van der Waals surface area contributed by atoms with Crippen molar-refractivity contribution in [1.29, 1.82) is 0 Å². The van der Waals surface area contributed by atoms with Gasteiger partial charge in [-0.2, -0.15) is 0 Å². The van der Waals surface area contributed by atoms with Crippen molar-refractivity contribution in [3.8, 4) is 0 Å². The normalized spacial score (nSPS) is 15.0. The lowest BCUT2D eigenvalue weighted by molar-refractivity contribution is -0.145. The minimum Gasteiger partial charge on any atom is -0.466 e. The molecule has 1 aromatic rings. The number of amides is 2. The first-order valence-corrected chi connectivity index (χ1v) is 8.25. The highest BCUT2D eigenvalue weighted by Crippen LogP contribution is 2.13. The standard InChI is InChI=1S/C17H23N3O4/c1-2-24-16(22)7-6-15(21)20-11-8-13(9-12-20)19-17(23)14-5-3-4-10-18-14/h3-5,10,13H,2,6-9,11-12H2,1H3,(H,19,23). The number of nitrogens with zero attached hydrogens (tertiary/aromatic N) is 2. The number of esters is 1. The summed E-state index contributed by atoms with van der Waals surface area (Å²) >= 11 is 0. The molecule has 24 heavy (non-hydrogen) atoms. The average Bonchev–Trinajstić information content (AvgIpc) is 2.61. The first-order chi connectivity index (χ1) is 11.6. The minimum absolute atomic E-state index is 0.0358. The SMILES string of the molecule is CCOC(=O)CCC(=O)N1CCC(NC(=O)c2ccccn2)CC1. The molecule has 2 amide bonds. The number of likely N-dealkylation sites (tertiary alicyclic amines) is 1. The molecular weight excluding hydrogens is 310 g/mol. The maximum Gasteiger partial charge on any atom is 0.306 e. The van der Waals surface area contributed by atoms with Crippen LogP contribution in [0.1, 0.15) is 43.1 Å². The van der Waals surface area contributed by atoms with Gasteiger partial charge in [-0.1, -0.05) is 6.07 Å². The van der Waals surface area contributed by atoms with Crippen LogP contribution in [0.2, 0.25) is 0 Å². The fraction of sp³-hybridized carbons (Fsp3) is 0.529. The van der Waals surface area contributed by atoms with Gasteiger partial charge in [-0.25, -0.2) is 0 Å². The van der Waals surface area contributed by atoms with E-state index in [4.69, 9.17) is 4.74 Å². The largest absolute Gasteiger partial charge is 0.466 e. The number of rotatable bonds is 6. The van der Waals surface area contributed by atoms with Crippen molar-refractivity contribution in [1.82, 2.24) is 15.2 Å². The Morgan fingerprint density at radius 2 is 2.00 bits per heavy atom.